The molecule has 21 heavy (non-hydrogen) atoms. The van der Waals surface area contributed by atoms with Crippen LogP contribution in [-0.4, -0.2) is 19.6 Å². The number of halogens is 2. The van der Waals surface area contributed by atoms with Gasteiger partial charge in [0.1, 0.15) is 16.5 Å². The van der Waals surface area contributed by atoms with Crippen LogP contribution in [-0.2, 0) is 4.79 Å². The van der Waals surface area contributed by atoms with E-state index in [2.05, 4.69) is 5.32 Å². The molecule has 2 rings (SSSR count). The summed E-state index contributed by atoms with van der Waals surface area (Å²) in [7, 11) is 1.53. The number of hydrogen-bond donors (Lipinski definition) is 1. The van der Waals surface area contributed by atoms with Crippen LogP contribution in [0.3, 0.4) is 0 Å². The third-order valence-electron chi connectivity index (χ3n) is 2.66. The van der Waals surface area contributed by atoms with E-state index in [0.29, 0.717) is 22.2 Å². The molecule has 0 aliphatic carbocycles. The second-order valence-corrected chi connectivity index (χ2v) is 4.87. The van der Waals surface area contributed by atoms with Crippen LogP contribution >= 0.6 is 23.2 Å². The lowest BCUT2D eigenvalue weighted by atomic mass is 10.3. The Labute approximate surface area is 132 Å². The van der Waals surface area contributed by atoms with Crippen LogP contribution in [0, 0.1) is 0 Å². The van der Waals surface area contributed by atoms with Crippen molar-refractivity contribution in [3.8, 4) is 11.5 Å². The molecule has 0 heterocycles. The zero-order valence-electron chi connectivity index (χ0n) is 11.2. The normalized spacial score (nSPS) is 10.0. The molecule has 0 aliphatic heterocycles. The first-order valence-corrected chi connectivity index (χ1v) is 6.87. The molecule has 0 bridgehead atoms. The van der Waals surface area contributed by atoms with Gasteiger partial charge in [-0.05, 0) is 24.3 Å². The van der Waals surface area contributed by atoms with E-state index in [9.17, 15) is 4.79 Å². The topological polar surface area (TPSA) is 47.6 Å². The molecule has 6 heteroatoms. The lowest BCUT2D eigenvalue weighted by molar-refractivity contribution is -0.118. The lowest BCUT2D eigenvalue weighted by Crippen LogP contribution is -2.20. The predicted molar refractivity (Wildman–Crippen MR) is 83.6 cm³/mol. The van der Waals surface area contributed by atoms with Gasteiger partial charge in [0.15, 0.2) is 6.61 Å². The van der Waals surface area contributed by atoms with Crippen LogP contribution in [0.4, 0.5) is 5.69 Å². The maximum Gasteiger partial charge on any atom is 0.262 e. The number of ether oxygens (including phenoxy) is 2. The molecule has 0 spiro atoms. The second kappa shape index (κ2) is 7.20. The smallest absolute Gasteiger partial charge is 0.262 e. The second-order valence-electron chi connectivity index (χ2n) is 4.09. The molecule has 0 saturated heterocycles. The van der Waals surface area contributed by atoms with Gasteiger partial charge in [0.2, 0.25) is 0 Å². The van der Waals surface area contributed by atoms with Crippen molar-refractivity contribution in [2.45, 2.75) is 0 Å². The Balaban J connectivity index is 1.98. The fourth-order valence-corrected chi connectivity index (χ4v) is 2.02. The number of benzene rings is 2. The molecular weight excluding hydrogens is 313 g/mol. The van der Waals surface area contributed by atoms with E-state index >= 15 is 0 Å². The molecule has 2 aromatic carbocycles. The quantitative estimate of drug-likeness (QED) is 0.903. The van der Waals surface area contributed by atoms with Crippen LogP contribution in [0.5, 0.6) is 11.5 Å². The third kappa shape index (κ3) is 4.03. The van der Waals surface area contributed by atoms with E-state index < -0.39 is 0 Å². The molecule has 0 saturated carbocycles. The number of para-hydroxylation sites is 2. The monoisotopic (exact) mass is 325 g/mol. The van der Waals surface area contributed by atoms with Crippen molar-refractivity contribution in [2.24, 2.45) is 0 Å². The number of rotatable bonds is 5. The summed E-state index contributed by atoms with van der Waals surface area (Å²) in [6.07, 6.45) is 0. The maximum absolute atomic E-state index is 11.9. The molecule has 1 N–H and O–H groups in total. The van der Waals surface area contributed by atoms with Crippen LogP contribution in [0.15, 0.2) is 42.5 Å². The van der Waals surface area contributed by atoms with Crippen molar-refractivity contribution >= 4 is 34.8 Å². The molecule has 0 radical (unpaired) electrons. The Morgan fingerprint density at radius 2 is 1.81 bits per heavy atom. The van der Waals surface area contributed by atoms with Crippen LogP contribution in [0.25, 0.3) is 0 Å². The van der Waals surface area contributed by atoms with Gasteiger partial charge in [-0.3, -0.25) is 4.79 Å². The third-order valence-corrected chi connectivity index (χ3v) is 3.46. The number of anilines is 1. The van der Waals surface area contributed by atoms with Crippen LogP contribution in [0.1, 0.15) is 0 Å². The molecule has 0 unspecified atom stereocenters. The van der Waals surface area contributed by atoms with Crippen LogP contribution < -0.4 is 14.8 Å². The van der Waals surface area contributed by atoms with Crippen molar-refractivity contribution in [3.63, 3.8) is 0 Å². The fraction of sp³-hybridized carbons (Fsp3) is 0.133. The first-order chi connectivity index (χ1) is 10.1. The van der Waals surface area contributed by atoms with Gasteiger partial charge in [-0.15, -0.1) is 0 Å². The maximum atomic E-state index is 11.9. The number of hydrogen-bond acceptors (Lipinski definition) is 3. The Hall–Kier alpha value is -1.91. The lowest BCUT2D eigenvalue weighted by Gasteiger charge is -2.11. The molecule has 4 nitrogen and oxygen atoms in total. The van der Waals surface area contributed by atoms with Crippen molar-refractivity contribution in [1.29, 1.82) is 0 Å². The molecule has 1 amide bonds. The van der Waals surface area contributed by atoms with E-state index in [1.54, 1.807) is 36.4 Å². The minimum absolute atomic E-state index is 0.182. The molecule has 2 aromatic rings. The summed E-state index contributed by atoms with van der Waals surface area (Å²) in [4.78, 5) is 11.9. The van der Waals surface area contributed by atoms with E-state index in [4.69, 9.17) is 32.7 Å². The summed E-state index contributed by atoms with van der Waals surface area (Å²) in [5.74, 6) is 0.613. The molecule has 0 fully saturated rings. The predicted octanol–water partition coefficient (Wildman–Crippen LogP) is 4.02. The zero-order chi connectivity index (χ0) is 15.2. The van der Waals surface area contributed by atoms with E-state index in [1.807, 2.05) is 6.07 Å². The highest BCUT2D eigenvalue weighted by molar-refractivity contribution is 6.42. The fourth-order valence-electron chi connectivity index (χ4n) is 1.67. The first kappa shape index (κ1) is 15.5. The summed E-state index contributed by atoms with van der Waals surface area (Å²) in [5, 5.41) is 3.36. The molecule has 0 aromatic heterocycles. The Morgan fingerprint density at radius 3 is 2.57 bits per heavy atom. The largest absolute Gasteiger partial charge is 0.495 e. The minimum Gasteiger partial charge on any atom is -0.495 e. The Bertz CT molecular complexity index is 647. The van der Waals surface area contributed by atoms with E-state index in [0.717, 1.165) is 0 Å². The van der Waals surface area contributed by atoms with E-state index in [-0.39, 0.29) is 17.5 Å². The molecule has 0 aliphatic rings. The SMILES string of the molecule is COc1ccccc1NC(=O)COc1cccc(Cl)c1Cl. The zero-order valence-corrected chi connectivity index (χ0v) is 12.7. The van der Waals surface area contributed by atoms with Crippen molar-refractivity contribution in [3.05, 3.63) is 52.5 Å². The number of amides is 1. The average molecular weight is 326 g/mol. The minimum atomic E-state index is -0.324. The van der Waals surface area contributed by atoms with Gasteiger partial charge in [0.05, 0.1) is 17.8 Å². The summed E-state index contributed by atoms with van der Waals surface area (Å²) in [6, 6.07) is 12.1. The summed E-state index contributed by atoms with van der Waals surface area (Å²) >= 11 is 11.8. The van der Waals surface area contributed by atoms with Gasteiger partial charge in [0.25, 0.3) is 5.91 Å². The van der Waals surface area contributed by atoms with Gasteiger partial charge in [-0.25, -0.2) is 0 Å². The van der Waals surface area contributed by atoms with Gasteiger partial charge >= 0.3 is 0 Å². The highest BCUT2D eigenvalue weighted by atomic mass is 35.5. The molecule has 0 atom stereocenters. The van der Waals surface area contributed by atoms with Crippen molar-refractivity contribution in [1.82, 2.24) is 0 Å². The van der Waals surface area contributed by atoms with Gasteiger partial charge in [0, 0.05) is 0 Å². The standard InChI is InChI=1S/C15H13Cl2NO3/c1-20-12-7-3-2-6-11(12)18-14(19)9-21-13-8-4-5-10(16)15(13)17/h2-8H,9H2,1H3,(H,18,19). The number of carbonyl (C=O) groups is 1. The molecular formula is C15H13Cl2NO3. The highest BCUT2D eigenvalue weighted by Crippen LogP contribution is 2.31. The Morgan fingerprint density at radius 1 is 1.10 bits per heavy atom. The number of carbonyl (C=O) groups excluding carboxylic acids is 1. The first-order valence-electron chi connectivity index (χ1n) is 6.11. The van der Waals surface area contributed by atoms with Gasteiger partial charge in [-0.2, -0.15) is 0 Å². The highest BCUT2D eigenvalue weighted by Gasteiger charge is 2.10. The number of nitrogens with one attached hydrogen (secondary N) is 1. The summed E-state index contributed by atoms with van der Waals surface area (Å²) in [6.45, 7) is -0.182. The van der Waals surface area contributed by atoms with Gasteiger partial charge in [-0.1, -0.05) is 41.4 Å². The number of methoxy groups -OCH3 is 1. The summed E-state index contributed by atoms with van der Waals surface area (Å²) in [5.41, 5.74) is 0.575. The average Bonchev–Trinajstić information content (AvgIpc) is 2.49. The Kier molecular flexibility index (Phi) is 5.31. The van der Waals surface area contributed by atoms with Crippen molar-refractivity contribution in [2.75, 3.05) is 19.0 Å². The summed E-state index contributed by atoms with van der Waals surface area (Å²) < 4.78 is 10.5. The van der Waals surface area contributed by atoms with E-state index in [1.165, 1.54) is 7.11 Å². The molecule has 110 valence electrons. The van der Waals surface area contributed by atoms with Crippen molar-refractivity contribution < 1.29 is 14.3 Å². The van der Waals surface area contributed by atoms with Gasteiger partial charge < -0.3 is 14.8 Å². The van der Waals surface area contributed by atoms with Crippen LogP contribution in [0.2, 0.25) is 10.0 Å².